The Morgan fingerprint density at radius 3 is 2.61 bits per heavy atom. The van der Waals surface area contributed by atoms with Crippen molar-refractivity contribution in [1.82, 2.24) is 5.43 Å². The van der Waals surface area contributed by atoms with Crippen LogP contribution in [0.3, 0.4) is 0 Å². The van der Waals surface area contributed by atoms with Gasteiger partial charge in [0.25, 0.3) is 5.69 Å². The average Bonchev–Trinajstić information content (AvgIpc) is 3.15. The number of thiocarbonyl (C=S) groups is 1. The molecule has 0 aliphatic carbocycles. The normalized spacial score (nSPS) is 15.7. The first-order valence-corrected chi connectivity index (χ1v) is 11.2. The van der Waals surface area contributed by atoms with Crippen LogP contribution >= 0.6 is 47.2 Å². The standard InChI is InChI=1S/C20H14Cl2N4O5S2/c1-9(13-8-33-18(17(13)27)10-2-5-14(21)15(22)6-10)24-25-20(32)23-11-3-4-12(19(28)29)16(7-11)26(30)31/h2-8,18H,1H3,(H,28,29)(H2,23,25,32)/b24-9+. The van der Waals surface area contributed by atoms with E-state index in [4.69, 9.17) is 40.5 Å². The summed E-state index contributed by atoms with van der Waals surface area (Å²) in [5.41, 5.74) is 3.23. The first kappa shape index (κ1) is 24.6. The second-order valence-electron chi connectivity index (χ2n) is 6.64. The highest BCUT2D eigenvalue weighted by Crippen LogP contribution is 2.41. The van der Waals surface area contributed by atoms with Gasteiger partial charge in [-0.1, -0.05) is 29.3 Å². The molecule has 1 aliphatic rings. The molecule has 2 aromatic rings. The Bertz CT molecular complexity index is 1250. The molecule has 1 unspecified atom stereocenters. The van der Waals surface area contributed by atoms with Gasteiger partial charge in [-0.3, -0.25) is 20.3 Å². The maximum Gasteiger partial charge on any atom is 0.342 e. The van der Waals surface area contributed by atoms with E-state index in [1.54, 1.807) is 30.5 Å². The van der Waals surface area contributed by atoms with Crippen molar-refractivity contribution in [3.63, 3.8) is 0 Å². The van der Waals surface area contributed by atoms with E-state index >= 15 is 0 Å². The van der Waals surface area contributed by atoms with Gasteiger partial charge in [0.05, 0.1) is 25.9 Å². The molecular weight excluding hydrogens is 511 g/mol. The van der Waals surface area contributed by atoms with Crippen LogP contribution in [0.1, 0.15) is 28.1 Å². The summed E-state index contributed by atoms with van der Waals surface area (Å²) >= 11 is 18.4. The number of anilines is 1. The zero-order valence-corrected chi connectivity index (χ0v) is 19.8. The van der Waals surface area contributed by atoms with Crippen molar-refractivity contribution >= 4 is 81.1 Å². The van der Waals surface area contributed by atoms with Crippen molar-refractivity contribution in [2.75, 3.05) is 5.32 Å². The first-order chi connectivity index (χ1) is 15.6. The number of hydrazone groups is 1. The van der Waals surface area contributed by atoms with Gasteiger partial charge in [-0.2, -0.15) is 5.10 Å². The molecule has 0 amide bonds. The van der Waals surface area contributed by atoms with Gasteiger partial charge in [0.15, 0.2) is 10.9 Å². The number of carboxylic acid groups (broad SMARTS) is 1. The van der Waals surface area contributed by atoms with E-state index < -0.39 is 27.4 Å². The molecule has 13 heteroatoms. The van der Waals surface area contributed by atoms with Crippen LogP contribution in [0.15, 0.2) is 52.5 Å². The van der Waals surface area contributed by atoms with Gasteiger partial charge in [-0.05, 0) is 54.4 Å². The molecule has 0 spiro atoms. The predicted molar refractivity (Wildman–Crippen MR) is 132 cm³/mol. The van der Waals surface area contributed by atoms with E-state index in [9.17, 15) is 19.7 Å². The number of hydrogen-bond donors (Lipinski definition) is 3. The number of ketones is 1. The molecule has 0 fully saturated rings. The van der Waals surface area contributed by atoms with Gasteiger partial charge in [-0.25, -0.2) is 4.79 Å². The number of halogens is 2. The Labute approximate surface area is 207 Å². The molecular formula is C20H14Cl2N4O5S2. The minimum absolute atomic E-state index is 0.00791. The molecule has 0 saturated heterocycles. The van der Waals surface area contributed by atoms with Crippen LogP contribution in [-0.4, -0.2) is 32.6 Å². The third kappa shape index (κ3) is 5.69. The van der Waals surface area contributed by atoms with Gasteiger partial charge in [0.1, 0.15) is 5.56 Å². The second kappa shape index (κ2) is 10.3. The molecule has 1 atom stereocenters. The van der Waals surface area contributed by atoms with Crippen LogP contribution in [0.25, 0.3) is 0 Å². The number of hydrogen-bond acceptors (Lipinski definition) is 7. The Balaban J connectivity index is 1.66. The smallest absolute Gasteiger partial charge is 0.342 e. The molecule has 2 aromatic carbocycles. The van der Waals surface area contributed by atoms with E-state index in [-0.39, 0.29) is 16.6 Å². The lowest BCUT2D eigenvalue weighted by molar-refractivity contribution is -0.385. The predicted octanol–water partition coefficient (Wildman–Crippen LogP) is 5.20. The lowest BCUT2D eigenvalue weighted by Crippen LogP contribution is -2.26. The van der Waals surface area contributed by atoms with Crippen molar-refractivity contribution in [3.05, 3.63) is 78.7 Å². The zero-order chi connectivity index (χ0) is 24.3. The minimum Gasteiger partial charge on any atom is -0.477 e. The number of Topliss-reactive ketones (excluding diaryl/α,β-unsaturated/α-hetero) is 1. The maximum absolute atomic E-state index is 12.8. The van der Waals surface area contributed by atoms with Crippen molar-refractivity contribution < 1.29 is 19.6 Å². The number of nitrogens with one attached hydrogen (secondary N) is 2. The Morgan fingerprint density at radius 2 is 1.97 bits per heavy atom. The van der Waals surface area contributed by atoms with E-state index in [1.165, 1.54) is 17.8 Å². The van der Waals surface area contributed by atoms with Gasteiger partial charge < -0.3 is 10.4 Å². The van der Waals surface area contributed by atoms with E-state index in [0.717, 1.165) is 17.7 Å². The summed E-state index contributed by atoms with van der Waals surface area (Å²) in [6.07, 6.45) is 0. The zero-order valence-electron chi connectivity index (χ0n) is 16.7. The van der Waals surface area contributed by atoms with Crippen molar-refractivity contribution in [3.8, 4) is 0 Å². The summed E-state index contributed by atoms with van der Waals surface area (Å²) in [4.78, 5) is 34.3. The fourth-order valence-corrected chi connectivity index (χ4v) is 4.44. The molecule has 0 bridgehead atoms. The van der Waals surface area contributed by atoms with Crippen LogP contribution in [-0.2, 0) is 4.79 Å². The summed E-state index contributed by atoms with van der Waals surface area (Å²) in [7, 11) is 0. The number of rotatable bonds is 6. The van der Waals surface area contributed by atoms with E-state index in [1.807, 2.05) is 0 Å². The number of nitro benzene ring substituents is 1. The summed E-state index contributed by atoms with van der Waals surface area (Å²) in [5.74, 6) is -1.57. The molecule has 33 heavy (non-hydrogen) atoms. The van der Waals surface area contributed by atoms with E-state index in [2.05, 4.69) is 15.8 Å². The number of allylic oxidation sites excluding steroid dienone is 1. The summed E-state index contributed by atoms with van der Waals surface area (Å²) in [5, 5.41) is 28.9. The van der Waals surface area contributed by atoms with Gasteiger partial charge >= 0.3 is 5.97 Å². The van der Waals surface area contributed by atoms with Crippen molar-refractivity contribution in [2.45, 2.75) is 12.2 Å². The Kier molecular flexibility index (Phi) is 7.69. The largest absolute Gasteiger partial charge is 0.477 e. The van der Waals surface area contributed by atoms with Gasteiger partial charge in [0, 0.05) is 17.3 Å². The highest BCUT2D eigenvalue weighted by atomic mass is 35.5. The number of carbonyl (C=O) groups is 2. The summed E-state index contributed by atoms with van der Waals surface area (Å²) in [6, 6.07) is 8.50. The fraction of sp³-hybridized carbons (Fsp3) is 0.100. The fourth-order valence-electron chi connectivity index (χ4n) is 2.86. The number of carbonyl (C=O) groups excluding carboxylic acids is 1. The lowest BCUT2D eigenvalue weighted by atomic mass is 10.0. The molecule has 3 rings (SSSR count). The lowest BCUT2D eigenvalue weighted by Gasteiger charge is -2.11. The van der Waals surface area contributed by atoms with Crippen LogP contribution in [0, 0.1) is 10.1 Å². The van der Waals surface area contributed by atoms with Crippen LogP contribution in [0.5, 0.6) is 0 Å². The van der Waals surface area contributed by atoms with Crippen LogP contribution in [0.2, 0.25) is 10.0 Å². The number of aromatic carboxylic acids is 1. The molecule has 0 saturated carbocycles. The van der Waals surface area contributed by atoms with E-state index in [0.29, 0.717) is 21.3 Å². The topological polar surface area (TPSA) is 134 Å². The van der Waals surface area contributed by atoms with Crippen LogP contribution < -0.4 is 10.7 Å². The second-order valence-corrected chi connectivity index (χ2v) is 8.84. The monoisotopic (exact) mass is 524 g/mol. The maximum atomic E-state index is 12.8. The third-order valence-electron chi connectivity index (χ3n) is 4.47. The molecule has 1 aliphatic heterocycles. The number of thioether (sulfide) groups is 1. The molecule has 3 N–H and O–H groups in total. The summed E-state index contributed by atoms with van der Waals surface area (Å²) < 4.78 is 0. The number of nitro groups is 1. The quantitative estimate of drug-likeness (QED) is 0.201. The number of carboxylic acids is 1. The molecule has 0 aromatic heterocycles. The first-order valence-electron chi connectivity index (χ1n) is 9.06. The van der Waals surface area contributed by atoms with Crippen molar-refractivity contribution in [1.29, 1.82) is 0 Å². The van der Waals surface area contributed by atoms with Crippen LogP contribution in [0.4, 0.5) is 11.4 Å². The Morgan fingerprint density at radius 1 is 1.24 bits per heavy atom. The molecule has 9 nitrogen and oxygen atoms in total. The summed E-state index contributed by atoms with van der Waals surface area (Å²) in [6.45, 7) is 1.63. The highest BCUT2D eigenvalue weighted by Gasteiger charge is 2.31. The number of benzene rings is 2. The minimum atomic E-state index is -1.42. The Hall–Kier alpha value is -2.99. The highest BCUT2D eigenvalue weighted by molar-refractivity contribution is 8.03. The SMILES string of the molecule is C/C(=N\NC(=S)Nc1ccc(C(=O)O)c([N+](=O)[O-])c1)C1=CSC(c2ccc(Cl)c(Cl)c2)C1=O. The van der Waals surface area contributed by atoms with Crippen molar-refractivity contribution in [2.24, 2.45) is 5.10 Å². The van der Waals surface area contributed by atoms with Gasteiger partial charge in [-0.15, -0.1) is 11.8 Å². The number of nitrogens with zero attached hydrogens (tertiary/aromatic N) is 2. The molecule has 0 radical (unpaired) electrons. The molecule has 170 valence electrons. The molecule has 1 heterocycles. The van der Waals surface area contributed by atoms with Gasteiger partial charge in [0.2, 0.25) is 0 Å². The third-order valence-corrected chi connectivity index (χ3v) is 6.53. The average molecular weight is 525 g/mol.